The van der Waals surface area contributed by atoms with Crippen LogP contribution in [0, 0.1) is 0 Å². The van der Waals surface area contributed by atoms with Crippen molar-refractivity contribution in [3.63, 3.8) is 0 Å². The van der Waals surface area contributed by atoms with Gasteiger partial charge >= 0.3 is 11.9 Å². The molecule has 0 aromatic carbocycles. The first-order valence-corrected chi connectivity index (χ1v) is 13.0. The van der Waals surface area contributed by atoms with Gasteiger partial charge in [0.2, 0.25) is 0 Å². The Morgan fingerprint density at radius 1 is 0.600 bits per heavy atom. The van der Waals surface area contributed by atoms with Crippen molar-refractivity contribution in [3.8, 4) is 0 Å². The third kappa shape index (κ3) is 8.59. The lowest BCUT2D eigenvalue weighted by molar-refractivity contribution is -0.172. The maximum Gasteiger partial charge on any atom is 0.306 e. The lowest BCUT2D eigenvalue weighted by Crippen LogP contribution is -2.38. The van der Waals surface area contributed by atoms with Crippen molar-refractivity contribution in [1.29, 1.82) is 0 Å². The smallest absolute Gasteiger partial charge is 0.306 e. The van der Waals surface area contributed by atoms with Gasteiger partial charge in [-0.2, -0.15) is 0 Å². The van der Waals surface area contributed by atoms with Crippen LogP contribution in [0.1, 0.15) is 142 Å². The molecule has 2 saturated carbocycles. The van der Waals surface area contributed by atoms with Crippen LogP contribution in [-0.4, -0.2) is 23.1 Å². The highest BCUT2D eigenvalue weighted by Crippen LogP contribution is 2.38. The van der Waals surface area contributed by atoms with Crippen LogP contribution in [-0.2, 0) is 19.1 Å². The third-order valence-electron chi connectivity index (χ3n) is 7.20. The zero-order valence-electron chi connectivity index (χ0n) is 19.8. The molecule has 0 saturated heterocycles. The van der Waals surface area contributed by atoms with Crippen molar-refractivity contribution >= 4 is 11.9 Å². The fourth-order valence-electron chi connectivity index (χ4n) is 5.38. The van der Waals surface area contributed by atoms with Crippen LogP contribution in [0.15, 0.2) is 0 Å². The lowest BCUT2D eigenvalue weighted by Gasteiger charge is -2.38. The average molecular weight is 423 g/mol. The number of carbonyl (C=O) groups excluding carboxylic acids is 2. The molecule has 0 amide bonds. The van der Waals surface area contributed by atoms with E-state index in [0.717, 1.165) is 77.0 Å². The van der Waals surface area contributed by atoms with E-state index in [1.54, 1.807) is 0 Å². The molecule has 4 heteroatoms. The molecule has 30 heavy (non-hydrogen) atoms. The summed E-state index contributed by atoms with van der Waals surface area (Å²) in [7, 11) is 0. The zero-order chi connectivity index (χ0) is 21.7. The van der Waals surface area contributed by atoms with E-state index in [9.17, 15) is 9.59 Å². The molecule has 174 valence electrons. The maximum atomic E-state index is 12.6. The molecule has 4 nitrogen and oxygen atoms in total. The van der Waals surface area contributed by atoms with Crippen molar-refractivity contribution < 1.29 is 19.1 Å². The largest absolute Gasteiger partial charge is 0.459 e. The van der Waals surface area contributed by atoms with Crippen LogP contribution < -0.4 is 0 Å². The fraction of sp³-hybridized carbons (Fsp3) is 0.923. The van der Waals surface area contributed by atoms with Crippen LogP contribution in [0.2, 0.25) is 0 Å². The Labute approximate surface area is 184 Å². The summed E-state index contributed by atoms with van der Waals surface area (Å²) in [4.78, 5) is 25.2. The molecule has 2 aliphatic rings. The predicted octanol–water partition coefficient (Wildman–Crippen LogP) is 7.42. The average Bonchev–Trinajstić information content (AvgIpc) is 2.74. The van der Waals surface area contributed by atoms with Crippen molar-refractivity contribution in [2.75, 3.05) is 0 Å². The van der Waals surface area contributed by atoms with Gasteiger partial charge in [-0.05, 0) is 77.0 Å². The molecule has 0 aromatic rings. The number of rotatable bonds is 13. The second-order valence-electron chi connectivity index (χ2n) is 9.85. The number of hydrogen-bond acceptors (Lipinski definition) is 4. The summed E-state index contributed by atoms with van der Waals surface area (Å²) in [5, 5.41) is 0. The number of ether oxygens (including phenoxy) is 2. The summed E-state index contributed by atoms with van der Waals surface area (Å²) in [6.07, 6.45) is 20.2. The lowest BCUT2D eigenvalue weighted by atomic mass is 9.81. The minimum atomic E-state index is -0.279. The first-order valence-electron chi connectivity index (χ1n) is 13.0. The Bertz CT molecular complexity index is 455. The molecule has 0 spiro atoms. The van der Waals surface area contributed by atoms with Gasteiger partial charge < -0.3 is 9.47 Å². The summed E-state index contributed by atoms with van der Waals surface area (Å²) in [6, 6.07) is 0. The molecule has 0 aliphatic heterocycles. The van der Waals surface area contributed by atoms with E-state index >= 15 is 0 Å². The topological polar surface area (TPSA) is 52.6 Å². The summed E-state index contributed by atoms with van der Waals surface area (Å²) < 4.78 is 12.0. The Morgan fingerprint density at radius 2 is 0.967 bits per heavy atom. The summed E-state index contributed by atoms with van der Waals surface area (Å²) in [5.41, 5.74) is -0.557. The highest BCUT2D eigenvalue weighted by atomic mass is 16.6. The molecule has 2 fully saturated rings. The zero-order valence-corrected chi connectivity index (χ0v) is 19.8. The van der Waals surface area contributed by atoms with Crippen LogP contribution >= 0.6 is 0 Å². The van der Waals surface area contributed by atoms with Gasteiger partial charge in [0, 0.05) is 0 Å². The molecular formula is C26H46O4. The second-order valence-corrected chi connectivity index (χ2v) is 9.85. The molecule has 0 N–H and O–H groups in total. The quantitative estimate of drug-likeness (QED) is 0.229. The van der Waals surface area contributed by atoms with E-state index in [2.05, 4.69) is 13.8 Å². The number of carbonyl (C=O) groups is 2. The molecule has 0 atom stereocenters. The first-order chi connectivity index (χ1) is 14.5. The summed E-state index contributed by atoms with van der Waals surface area (Å²) in [6.45, 7) is 4.40. The van der Waals surface area contributed by atoms with E-state index < -0.39 is 0 Å². The predicted molar refractivity (Wildman–Crippen MR) is 121 cm³/mol. The number of unbranched alkanes of at least 4 members (excludes halogenated alkanes) is 4. The Balaban J connectivity index is 1.81. The van der Waals surface area contributed by atoms with Crippen molar-refractivity contribution in [1.82, 2.24) is 0 Å². The molecule has 0 bridgehead atoms. The van der Waals surface area contributed by atoms with Crippen molar-refractivity contribution in [2.45, 2.75) is 153 Å². The third-order valence-corrected chi connectivity index (χ3v) is 7.20. The molecular weight excluding hydrogens is 376 g/mol. The van der Waals surface area contributed by atoms with Crippen LogP contribution in [0.25, 0.3) is 0 Å². The highest BCUT2D eigenvalue weighted by molar-refractivity contribution is 5.78. The van der Waals surface area contributed by atoms with Gasteiger partial charge in [-0.15, -0.1) is 0 Å². The van der Waals surface area contributed by atoms with Crippen LogP contribution in [0.3, 0.4) is 0 Å². The van der Waals surface area contributed by atoms with Gasteiger partial charge in [0.25, 0.3) is 0 Å². The fourth-order valence-corrected chi connectivity index (χ4v) is 5.38. The van der Waals surface area contributed by atoms with E-state index in [1.165, 1.54) is 38.5 Å². The maximum absolute atomic E-state index is 12.6. The van der Waals surface area contributed by atoms with Gasteiger partial charge in [-0.3, -0.25) is 9.59 Å². The van der Waals surface area contributed by atoms with Crippen LogP contribution in [0.4, 0.5) is 0 Å². The normalized spacial score (nSPS) is 20.5. The Kier molecular flexibility index (Phi) is 11.2. The Hall–Kier alpha value is -1.06. The van der Waals surface area contributed by atoms with E-state index in [4.69, 9.17) is 9.47 Å². The molecule has 2 aliphatic carbocycles. The molecule has 0 radical (unpaired) electrons. The molecule has 2 rings (SSSR count). The van der Waals surface area contributed by atoms with Crippen molar-refractivity contribution in [2.24, 2.45) is 0 Å². The standard InChI is InChI=1S/C26H46O4/c1-3-5-9-17-25(19-11-7-12-20-25)29-23(27)15-16-24(28)30-26(18-10-6-4-2)21-13-8-14-22-26/h3-22H2,1-2H3. The van der Waals surface area contributed by atoms with E-state index in [-0.39, 0.29) is 36.0 Å². The van der Waals surface area contributed by atoms with E-state index in [0.29, 0.717) is 0 Å². The molecule has 0 unspecified atom stereocenters. The van der Waals surface area contributed by atoms with Gasteiger partial charge in [0.15, 0.2) is 0 Å². The number of esters is 2. The SMILES string of the molecule is CCCCCC1(OC(=O)CCC(=O)OC2(CCCCC)CCCCC2)CCCCC1. The van der Waals surface area contributed by atoms with E-state index in [1.807, 2.05) is 0 Å². The minimum absolute atomic E-state index is 0.152. The highest BCUT2D eigenvalue weighted by Gasteiger charge is 2.37. The summed E-state index contributed by atoms with van der Waals surface area (Å²) >= 11 is 0. The minimum Gasteiger partial charge on any atom is -0.459 e. The monoisotopic (exact) mass is 422 g/mol. The first kappa shape index (κ1) is 25.2. The van der Waals surface area contributed by atoms with Crippen LogP contribution in [0.5, 0.6) is 0 Å². The molecule has 0 heterocycles. The second kappa shape index (κ2) is 13.4. The Morgan fingerprint density at radius 3 is 1.30 bits per heavy atom. The molecule has 0 aromatic heterocycles. The van der Waals surface area contributed by atoms with Gasteiger partial charge in [-0.25, -0.2) is 0 Å². The summed E-state index contributed by atoms with van der Waals surface area (Å²) in [5.74, 6) is -0.428. The van der Waals surface area contributed by atoms with Crippen molar-refractivity contribution in [3.05, 3.63) is 0 Å². The van der Waals surface area contributed by atoms with Gasteiger partial charge in [0.05, 0.1) is 12.8 Å². The van der Waals surface area contributed by atoms with Gasteiger partial charge in [0.1, 0.15) is 11.2 Å². The number of hydrogen-bond donors (Lipinski definition) is 0. The van der Waals surface area contributed by atoms with Gasteiger partial charge in [-0.1, -0.05) is 52.4 Å².